The van der Waals surface area contributed by atoms with Crippen molar-refractivity contribution in [2.75, 3.05) is 22.4 Å². The molecule has 4 aliphatic carbocycles. The van der Waals surface area contributed by atoms with E-state index < -0.39 is 15.9 Å². The highest BCUT2D eigenvalue weighted by atomic mass is 35.5. The van der Waals surface area contributed by atoms with Crippen LogP contribution in [0.2, 0.25) is 10.0 Å². The fraction of sp³-hybridized carbons (Fsp3) is 0.480. The summed E-state index contributed by atoms with van der Waals surface area (Å²) in [6, 6.07) is 12.6. The van der Waals surface area contributed by atoms with Gasteiger partial charge >= 0.3 is 0 Å². The van der Waals surface area contributed by atoms with E-state index in [0.717, 1.165) is 28.3 Å². The topological polar surface area (TPSA) is 66.5 Å². The third-order valence-corrected chi connectivity index (χ3v) is 9.40. The molecule has 0 radical (unpaired) electrons. The van der Waals surface area contributed by atoms with Gasteiger partial charge in [0.25, 0.3) is 0 Å². The summed E-state index contributed by atoms with van der Waals surface area (Å²) < 4.78 is 26.2. The molecule has 6 rings (SSSR count). The smallest absolute Gasteiger partial charge is 0.245 e. The van der Waals surface area contributed by atoms with Gasteiger partial charge in [0.05, 0.1) is 22.7 Å². The number of halogens is 2. The molecule has 4 bridgehead atoms. The lowest BCUT2D eigenvalue weighted by molar-refractivity contribution is -0.114. The molecule has 0 unspecified atom stereocenters. The van der Waals surface area contributed by atoms with Crippen LogP contribution in [0.3, 0.4) is 0 Å². The molecular weight excluding hydrogens is 479 g/mol. The Hall–Kier alpha value is -1.76. The Labute approximate surface area is 205 Å². The van der Waals surface area contributed by atoms with Crippen LogP contribution in [0, 0.1) is 17.8 Å². The number of benzene rings is 2. The maximum absolute atomic E-state index is 12.7. The number of hydrogen-bond acceptors (Lipinski definition) is 3. The fourth-order valence-corrected chi connectivity index (χ4v) is 7.95. The Balaban J connectivity index is 1.35. The van der Waals surface area contributed by atoms with E-state index in [-0.39, 0.29) is 12.0 Å². The van der Waals surface area contributed by atoms with Crippen LogP contribution in [0.5, 0.6) is 0 Å². The number of anilines is 2. The number of nitrogens with zero attached hydrogens (tertiary/aromatic N) is 1. The standard InChI is InChI=1S/C25H28Cl2N2O3S/c1-33(31,32)29(15-24(30)28-23-11-20(26)4-7-22(23)27)21-5-2-19(3-6-21)25-12-16-8-17(13-25)10-18(9-16)14-25/h2-7,11,16-18H,8-10,12-15H2,1H3,(H,28,30). The first kappa shape index (κ1) is 23.0. The summed E-state index contributed by atoms with van der Waals surface area (Å²) in [5.41, 5.74) is 2.39. The molecule has 0 heterocycles. The maximum atomic E-state index is 12.7. The first-order valence-electron chi connectivity index (χ1n) is 11.4. The van der Waals surface area contributed by atoms with Gasteiger partial charge in [-0.1, -0.05) is 35.3 Å². The van der Waals surface area contributed by atoms with Gasteiger partial charge in [-0.2, -0.15) is 0 Å². The first-order chi connectivity index (χ1) is 15.6. The Kier molecular flexibility index (Phi) is 5.91. The van der Waals surface area contributed by atoms with E-state index in [4.69, 9.17) is 23.2 Å². The highest BCUT2D eigenvalue weighted by Gasteiger charge is 2.51. The normalized spacial score (nSPS) is 28.0. The number of amides is 1. The van der Waals surface area contributed by atoms with Crippen LogP contribution in [0.4, 0.5) is 11.4 Å². The zero-order valence-corrected chi connectivity index (χ0v) is 20.9. The summed E-state index contributed by atoms with van der Waals surface area (Å²) >= 11 is 12.1. The van der Waals surface area contributed by atoms with Crippen molar-refractivity contribution >= 4 is 50.5 Å². The molecule has 33 heavy (non-hydrogen) atoms. The summed E-state index contributed by atoms with van der Waals surface area (Å²) in [4.78, 5) is 12.7. The molecule has 0 spiro atoms. The lowest BCUT2D eigenvalue weighted by Gasteiger charge is -2.57. The van der Waals surface area contributed by atoms with Crippen LogP contribution < -0.4 is 9.62 Å². The average Bonchev–Trinajstić information content (AvgIpc) is 2.73. The van der Waals surface area contributed by atoms with Crippen LogP contribution in [-0.2, 0) is 20.2 Å². The second-order valence-electron chi connectivity index (χ2n) is 10.2. The Morgan fingerprint density at radius 1 is 1.00 bits per heavy atom. The Morgan fingerprint density at radius 3 is 2.12 bits per heavy atom. The van der Waals surface area contributed by atoms with Crippen molar-refractivity contribution in [1.29, 1.82) is 0 Å². The van der Waals surface area contributed by atoms with Gasteiger partial charge in [-0.05, 0) is 97.6 Å². The lowest BCUT2D eigenvalue weighted by Crippen LogP contribution is -2.48. The molecule has 0 atom stereocenters. The second-order valence-corrected chi connectivity index (χ2v) is 12.9. The predicted molar refractivity (Wildman–Crippen MR) is 134 cm³/mol. The molecule has 1 amide bonds. The third-order valence-electron chi connectivity index (χ3n) is 7.70. The number of rotatable bonds is 6. The molecule has 4 saturated carbocycles. The Morgan fingerprint density at radius 2 is 1.58 bits per heavy atom. The summed E-state index contributed by atoms with van der Waals surface area (Å²) in [5.74, 6) is 2.02. The number of hydrogen-bond donors (Lipinski definition) is 1. The van der Waals surface area contributed by atoms with Crippen molar-refractivity contribution in [3.05, 3.63) is 58.1 Å². The molecule has 4 aliphatic rings. The van der Waals surface area contributed by atoms with Gasteiger partial charge in [-0.15, -0.1) is 0 Å². The van der Waals surface area contributed by atoms with Crippen molar-refractivity contribution in [3.63, 3.8) is 0 Å². The van der Waals surface area contributed by atoms with Gasteiger partial charge in [0.2, 0.25) is 15.9 Å². The number of carbonyl (C=O) groups is 1. The molecule has 5 nitrogen and oxygen atoms in total. The molecule has 0 aromatic heterocycles. The van der Waals surface area contributed by atoms with Crippen molar-refractivity contribution in [2.24, 2.45) is 17.8 Å². The summed E-state index contributed by atoms with van der Waals surface area (Å²) in [5, 5.41) is 3.42. The summed E-state index contributed by atoms with van der Waals surface area (Å²) in [6.07, 6.45) is 8.99. The maximum Gasteiger partial charge on any atom is 0.245 e. The Bertz CT molecular complexity index is 1150. The fourth-order valence-electron chi connectivity index (χ4n) is 6.76. The molecule has 0 aliphatic heterocycles. The predicted octanol–water partition coefficient (Wildman–Crippen LogP) is 5.87. The van der Waals surface area contributed by atoms with Crippen LogP contribution in [-0.4, -0.2) is 27.1 Å². The van der Waals surface area contributed by atoms with Gasteiger partial charge in [-0.3, -0.25) is 9.10 Å². The van der Waals surface area contributed by atoms with E-state index in [1.54, 1.807) is 12.1 Å². The molecule has 2 aromatic carbocycles. The number of nitrogens with one attached hydrogen (secondary N) is 1. The number of sulfonamides is 1. The minimum atomic E-state index is -3.67. The van der Waals surface area contributed by atoms with E-state index in [1.807, 2.05) is 12.1 Å². The SMILES string of the molecule is CS(=O)(=O)N(CC(=O)Nc1cc(Cl)ccc1Cl)c1ccc(C23CC4CC(CC(C4)C2)C3)cc1. The van der Waals surface area contributed by atoms with Gasteiger partial charge < -0.3 is 5.32 Å². The minimum absolute atomic E-state index is 0.240. The van der Waals surface area contributed by atoms with E-state index in [9.17, 15) is 13.2 Å². The molecule has 8 heteroatoms. The molecule has 1 N–H and O–H groups in total. The van der Waals surface area contributed by atoms with E-state index in [1.165, 1.54) is 50.2 Å². The van der Waals surface area contributed by atoms with Gasteiger partial charge in [0.15, 0.2) is 0 Å². The monoisotopic (exact) mass is 506 g/mol. The van der Waals surface area contributed by atoms with Crippen molar-refractivity contribution in [1.82, 2.24) is 0 Å². The zero-order valence-electron chi connectivity index (χ0n) is 18.6. The molecule has 0 saturated heterocycles. The first-order valence-corrected chi connectivity index (χ1v) is 14.0. The summed E-state index contributed by atoms with van der Waals surface area (Å²) in [6.45, 7) is -0.349. The van der Waals surface area contributed by atoms with Gasteiger partial charge in [-0.25, -0.2) is 8.42 Å². The molecular formula is C25H28Cl2N2O3S. The van der Waals surface area contributed by atoms with Crippen molar-refractivity contribution in [3.8, 4) is 0 Å². The molecule has 176 valence electrons. The van der Waals surface area contributed by atoms with E-state index in [2.05, 4.69) is 17.4 Å². The van der Waals surface area contributed by atoms with Crippen LogP contribution in [0.15, 0.2) is 42.5 Å². The largest absolute Gasteiger partial charge is 0.323 e. The van der Waals surface area contributed by atoms with E-state index >= 15 is 0 Å². The highest BCUT2D eigenvalue weighted by molar-refractivity contribution is 7.92. The summed E-state index contributed by atoms with van der Waals surface area (Å²) in [7, 11) is -3.67. The van der Waals surface area contributed by atoms with Crippen molar-refractivity contribution in [2.45, 2.75) is 43.9 Å². The highest BCUT2D eigenvalue weighted by Crippen LogP contribution is 2.60. The minimum Gasteiger partial charge on any atom is -0.323 e. The van der Waals surface area contributed by atoms with E-state index in [0.29, 0.717) is 21.4 Å². The van der Waals surface area contributed by atoms with Crippen LogP contribution in [0.1, 0.15) is 44.1 Å². The lowest BCUT2D eigenvalue weighted by atomic mass is 9.48. The number of carbonyl (C=O) groups excluding carboxylic acids is 1. The van der Waals surface area contributed by atoms with Gasteiger partial charge in [0, 0.05) is 5.02 Å². The quantitative estimate of drug-likeness (QED) is 0.532. The van der Waals surface area contributed by atoms with Crippen LogP contribution in [0.25, 0.3) is 0 Å². The third kappa shape index (κ3) is 4.62. The second kappa shape index (κ2) is 8.47. The zero-order chi connectivity index (χ0) is 23.4. The van der Waals surface area contributed by atoms with Gasteiger partial charge in [0.1, 0.15) is 6.54 Å². The molecule has 4 fully saturated rings. The molecule has 2 aromatic rings. The van der Waals surface area contributed by atoms with Crippen molar-refractivity contribution < 1.29 is 13.2 Å². The van der Waals surface area contributed by atoms with Crippen LogP contribution >= 0.6 is 23.2 Å². The average molecular weight is 507 g/mol.